The number of nitrogens with zero attached hydrogens (tertiary/aromatic N) is 5. The number of para-hydroxylation sites is 2. The molecule has 4 rings (SSSR count). The van der Waals surface area contributed by atoms with E-state index in [1.807, 2.05) is 30.3 Å². The number of rotatable bonds is 7. The van der Waals surface area contributed by atoms with Crippen molar-refractivity contribution in [1.82, 2.24) is 15.0 Å². The molecule has 154 valence electrons. The monoisotopic (exact) mass is 405 g/mol. The highest BCUT2D eigenvalue weighted by atomic mass is 16.5. The van der Waals surface area contributed by atoms with Crippen LogP contribution in [0.25, 0.3) is 0 Å². The number of methoxy groups -OCH3 is 1. The molecule has 0 amide bonds. The van der Waals surface area contributed by atoms with Gasteiger partial charge < -0.3 is 20.1 Å². The molecule has 1 saturated heterocycles. The quantitative estimate of drug-likeness (QED) is 0.406. The van der Waals surface area contributed by atoms with E-state index in [0.717, 1.165) is 31.6 Å². The molecule has 0 spiro atoms. The zero-order valence-corrected chi connectivity index (χ0v) is 16.6. The van der Waals surface area contributed by atoms with Gasteiger partial charge in [-0.1, -0.05) is 24.3 Å². The lowest BCUT2D eigenvalue weighted by Gasteiger charge is -2.16. The Labute approximate surface area is 174 Å². The van der Waals surface area contributed by atoms with Crippen LogP contribution in [0.4, 0.5) is 23.5 Å². The third-order valence-corrected chi connectivity index (χ3v) is 4.66. The van der Waals surface area contributed by atoms with Crippen molar-refractivity contribution < 1.29 is 9.84 Å². The van der Waals surface area contributed by atoms with Crippen LogP contribution in [0.1, 0.15) is 18.4 Å². The summed E-state index contributed by atoms with van der Waals surface area (Å²) in [5, 5.41) is 17.6. The minimum absolute atomic E-state index is 0.0189. The molecule has 3 N–H and O–H groups in total. The summed E-state index contributed by atoms with van der Waals surface area (Å²) in [4.78, 5) is 15.6. The van der Waals surface area contributed by atoms with Crippen LogP contribution in [0.5, 0.6) is 11.5 Å². The second kappa shape index (κ2) is 9.08. The van der Waals surface area contributed by atoms with Crippen molar-refractivity contribution in [2.45, 2.75) is 12.8 Å². The Balaban J connectivity index is 1.57. The molecule has 0 atom stereocenters. The number of hydrogen-bond acceptors (Lipinski definition) is 9. The van der Waals surface area contributed by atoms with Gasteiger partial charge in [-0.15, -0.1) is 0 Å². The van der Waals surface area contributed by atoms with Crippen molar-refractivity contribution in [1.29, 1.82) is 0 Å². The topological polar surface area (TPSA) is 108 Å². The number of nitrogens with one attached hydrogen (secondary N) is 2. The zero-order valence-electron chi connectivity index (χ0n) is 16.6. The molecule has 0 unspecified atom stereocenters. The van der Waals surface area contributed by atoms with Gasteiger partial charge in [-0.2, -0.15) is 20.1 Å². The van der Waals surface area contributed by atoms with Crippen LogP contribution in [0, 0.1) is 0 Å². The van der Waals surface area contributed by atoms with E-state index >= 15 is 0 Å². The maximum atomic E-state index is 10.2. The highest BCUT2D eigenvalue weighted by molar-refractivity contribution is 5.85. The number of phenolic OH excluding ortho intramolecular Hbond substituents is 1. The second-order valence-electron chi connectivity index (χ2n) is 6.74. The first-order valence-electron chi connectivity index (χ1n) is 9.71. The molecule has 3 aromatic rings. The molecule has 1 fully saturated rings. The van der Waals surface area contributed by atoms with Crippen molar-refractivity contribution in [3.05, 3.63) is 54.1 Å². The highest BCUT2D eigenvalue weighted by Crippen LogP contribution is 2.28. The number of phenols is 1. The Hall–Kier alpha value is -3.88. The van der Waals surface area contributed by atoms with Crippen molar-refractivity contribution in [2.24, 2.45) is 5.10 Å². The predicted octanol–water partition coefficient (Wildman–Crippen LogP) is 3.38. The molecule has 9 heteroatoms. The minimum atomic E-state index is 0.0189. The van der Waals surface area contributed by atoms with Gasteiger partial charge in [-0.25, -0.2) is 5.43 Å². The summed E-state index contributed by atoms with van der Waals surface area (Å²) < 4.78 is 5.12. The van der Waals surface area contributed by atoms with E-state index in [2.05, 4.69) is 35.7 Å². The molecule has 30 heavy (non-hydrogen) atoms. The van der Waals surface area contributed by atoms with Crippen LogP contribution in [-0.4, -0.2) is 46.5 Å². The van der Waals surface area contributed by atoms with Gasteiger partial charge in [-0.3, -0.25) is 0 Å². The lowest BCUT2D eigenvalue weighted by atomic mass is 10.2. The van der Waals surface area contributed by atoms with Crippen LogP contribution in [0.3, 0.4) is 0 Å². The Kier molecular flexibility index (Phi) is 5.88. The summed E-state index contributed by atoms with van der Waals surface area (Å²) in [5.41, 5.74) is 4.23. The summed E-state index contributed by atoms with van der Waals surface area (Å²) in [6.45, 7) is 1.82. The Morgan fingerprint density at radius 3 is 2.53 bits per heavy atom. The molecular formula is C21H23N7O2. The van der Waals surface area contributed by atoms with E-state index in [0.29, 0.717) is 29.2 Å². The van der Waals surface area contributed by atoms with Crippen molar-refractivity contribution in [3.8, 4) is 11.5 Å². The van der Waals surface area contributed by atoms with Crippen LogP contribution in [-0.2, 0) is 0 Å². The first kappa shape index (κ1) is 19.4. The molecule has 0 radical (unpaired) electrons. The third-order valence-electron chi connectivity index (χ3n) is 4.66. The lowest BCUT2D eigenvalue weighted by Crippen LogP contribution is -2.21. The number of benzene rings is 2. The van der Waals surface area contributed by atoms with E-state index in [1.165, 1.54) is 13.3 Å². The van der Waals surface area contributed by atoms with Crippen LogP contribution in [0.15, 0.2) is 53.6 Å². The van der Waals surface area contributed by atoms with Gasteiger partial charge in [0, 0.05) is 24.3 Å². The molecule has 2 aromatic carbocycles. The summed E-state index contributed by atoms with van der Waals surface area (Å²) in [7, 11) is 1.50. The zero-order chi connectivity index (χ0) is 20.8. The molecule has 1 aliphatic rings. The molecule has 0 saturated carbocycles. The fraction of sp³-hybridized carbons (Fsp3) is 0.238. The largest absolute Gasteiger partial charge is 0.504 e. The van der Waals surface area contributed by atoms with Gasteiger partial charge in [-0.05, 0) is 37.1 Å². The number of ether oxygens (including phenoxy) is 1. The second-order valence-corrected chi connectivity index (χ2v) is 6.74. The van der Waals surface area contributed by atoms with E-state index in [4.69, 9.17) is 4.74 Å². The standard InChI is InChI=1S/C21H23N7O2/c1-30-17-11-7-8-15(18(17)29)14-22-27-20-24-19(23-16-9-3-2-4-10-16)25-21(26-20)28-12-5-6-13-28/h2-4,7-11,14,29H,5-6,12-13H2,1H3,(H2,23,24,25,26,27)/b22-14+. The van der Waals surface area contributed by atoms with E-state index in [9.17, 15) is 5.11 Å². The van der Waals surface area contributed by atoms with E-state index < -0.39 is 0 Å². The number of hydrogen-bond donors (Lipinski definition) is 3. The Bertz CT molecular complexity index is 1020. The number of hydrazone groups is 1. The molecule has 1 aliphatic heterocycles. The first-order valence-corrected chi connectivity index (χ1v) is 9.71. The summed E-state index contributed by atoms with van der Waals surface area (Å²) >= 11 is 0. The van der Waals surface area contributed by atoms with Crippen molar-refractivity contribution in [3.63, 3.8) is 0 Å². The van der Waals surface area contributed by atoms with Crippen LogP contribution >= 0.6 is 0 Å². The number of anilines is 4. The highest BCUT2D eigenvalue weighted by Gasteiger charge is 2.17. The number of aromatic hydroxyl groups is 1. The van der Waals surface area contributed by atoms with Crippen LogP contribution < -0.4 is 20.4 Å². The molecule has 0 aliphatic carbocycles. The fourth-order valence-electron chi connectivity index (χ4n) is 3.15. The van der Waals surface area contributed by atoms with Gasteiger partial charge in [0.05, 0.1) is 13.3 Å². The smallest absolute Gasteiger partial charge is 0.250 e. The average Bonchev–Trinajstić information content (AvgIpc) is 3.31. The normalized spacial score (nSPS) is 13.6. The summed E-state index contributed by atoms with van der Waals surface area (Å²) in [6, 6.07) is 14.9. The maximum Gasteiger partial charge on any atom is 0.250 e. The van der Waals surface area contributed by atoms with Gasteiger partial charge in [0.2, 0.25) is 17.8 Å². The molecule has 9 nitrogen and oxygen atoms in total. The summed E-state index contributed by atoms with van der Waals surface area (Å²) in [5.74, 6) is 1.74. The van der Waals surface area contributed by atoms with E-state index in [1.54, 1.807) is 18.2 Å². The molecular weight excluding hydrogens is 382 g/mol. The van der Waals surface area contributed by atoms with Gasteiger partial charge in [0.1, 0.15) is 0 Å². The minimum Gasteiger partial charge on any atom is -0.504 e. The molecule has 0 bridgehead atoms. The van der Waals surface area contributed by atoms with Crippen molar-refractivity contribution in [2.75, 3.05) is 35.8 Å². The summed E-state index contributed by atoms with van der Waals surface area (Å²) in [6.07, 6.45) is 3.72. The number of aromatic nitrogens is 3. The van der Waals surface area contributed by atoms with Crippen molar-refractivity contribution >= 4 is 29.7 Å². The lowest BCUT2D eigenvalue weighted by molar-refractivity contribution is 0.373. The SMILES string of the molecule is COc1cccc(/C=N/Nc2nc(Nc3ccccc3)nc(N3CCCC3)n2)c1O. The first-order chi connectivity index (χ1) is 14.7. The fourth-order valence-corrected chi connectivity index (χ4v) is 3.15. The Morgan fingerprint density at radius 2 is 1.77 bits per heavy atom. The maximum absolute atomic E-state index is 10.2. The molecule has 1 aromatic heterocycles. The average molecular weight is 405 g/mol. The Morgan fingerprint density at radius 1 is 1.00 bits per heavy atom. The molecule has 2 heterocycles. The van der Waals surface area contributed by atoms with Gasteiger partial charge >= 0.3 is 0 Å². The van der Waals surface area contributed by atoms with Crippen LogP contribution in [0.2, 0.25) is 0 Å². The predicted molar refractivity (Wildman–Crippen MR) is 117 cm³/mol. The van der Waals surface area contributed by atoms with Gasteiger partial charge in [0.15, 0.2) is 11.5 Å². The van der Waals surface area contributed by atoms with Gasteiger partial charge in [0.25, 0.3) is 0 Å². The van der Waals surface area contributed by atoms with E-state index in [-0.39, 0.29) is 5.75 Å². The third kappa shape index (κ3) is 4.57.